The summed E-state index contributed by atoms with van der Waals surface area (Å²) in [5, 5.41) is 0.692. The summed E-state index contributed by atoms with van der Waals surface area (Å²) in [7, 11) is 3.36. The van der Waals surface area contributed by atoms with E-state index in [4.69, 9.17) is 0 Å². The number of pyridine rings is 1. The summed E-state index contributed by atoms with van der Waals surface area (Å²) >= 11 is 0. The topological polar surface area (TPSA) is 73.0 Å². The van der Waals surface area contributed by atoms with Crippen molar-refractivity contribution in [3.63, 3.8) is 0 Å². The number of hydrogen-bond acceptors (Lipinski definition) is 4. The molecule has 0 aliphatic heterocycles. The molecule has 5 aromatic rings. The maximum Gasteiger partial charge on any atom is 0.328 e. The van der Waals surface area contributed by atoms with Gasteiger partial charge in [-0.1, -0.05) is 44.0 Å². The highest BCUT2D eigenvalue weighted by Crippen LogP contribution is 2.33. The molecule has 0 spiro atoms. The van der Waals surface area contributed by atoms with Gasteiger partial charge in [0.2, 0.25) is 0 Å². The Morgan fingerprint density at radius 2 is 1.76 bits per heavy atom. The molecule has 7 nitrogen and oxygen atoms in total. The SMILES string of the molecule is CCCCC(C(=O)c1cn(C(=O)N(C)C)c2cc(-c3ccc(F)cc3)ccc12)n1c(C)nc2ccncc21. The fourth-order valence-electron chi connectivity index (χ4n) is 5.03. The first kappa shape index (κ1) is 25.3. The molecule has 2 aromatic carbocycles. The Hall–Kier alpha value is -4.33. The molecule has 0 bridgehead atoms. The second-order valence-corrected chi connectivity index (χ2v) is 9.74. The molecule has 1 amide bonds. The van der Waals surface area contributed by atoms with Crippen molar-refractivity contribution in [3.05, 3.63) is 84.3 Å². The number of unbranched alkanes of at least 4 members (excludes halogenated alkanes) is 1. The van der Waals surface area contributed by atoms with Crippen molar-refractivity contribution in [2.45, 2.75) is 39.2 Å². The predicted octanol–water partition coefficient (Wildman–Crippen LogP) is 6.64. The van der Waals surface area contributed by atoms with Crippen molar-refractivity contribution in [2.24, 2.45) is 0 Å². The van der Waals surface area contributed by atoms with Crippen molar-refractivity contribution in [3.8, 4) is 11.1 Å². The number of aryl methyl sites for hydroxylation is 1. The van der Waals surface area contributed by atoms with Crippen LogP contribution < -0.4 is 0 Å². The van der Waals surface area contributed by atoms with Crippen molar-refractivity contribution in [1.82, 2.24) is 24.0 Å². The Balaban J connectivity index is 1.68. The molecule has 8 heteroatoms. The number of ketones is 1. The minimum atomic E-state index is -0.491. The van der Waals surface area contributed by atoms with Crippen molar-refractivity contribution in [2.75, 3.05) is 14.1 Å². The van der Waals surface area contributed by atoms with Crippen LogP contribution in [0.5, 0.6) is 0 Å². The average molecular weight is 512 g/mol. The highest BCUT2D eigenvalue weighted by molar-refractivity contribution is 6.12. The summed E-state index contributed by atoms with van der Waals surface area (Å²) in [6.45, 7) is 4.00. The van der Waals surface area contributed by atoms with Crippen molar-refractivity contribution >= 4 is 33.8 Å². The van der Waals surface area contributed by atoms with E-state index >= 15 is 0 Å². The molecule has 38 heavy (non-hydrogen) atoms. The van der Waals surface area contributed by atoms with Crippen LogP contribution in [0.1, 0.15) is 48.4 Å². The van der Waals surface area contributed by atoms with Crippen LogP contribution in [-0.2, 0) is 0 Å². The Labute approximate surface area is 220 Å². The number of halogens is 1. The zero-order valence-electron chi connectivity index (χ0n) is 22.0. The molecule has 3 aromatic heterocycles. The Kier molecular flexibility index (Phi) is 6.80. The minimum absolute atomic E-state index is 0.0745. The summed E-state index contributed by atoms with van der Waals surface area (Å²) in [6.07, 6.45) is 7.53. The molecule has 0 radical (unpaired) electrons. The highest BCUT2D eigenvalue weighted by Gasteiger charge is 2.29. The second kappa shape index (κ2) is 10.2. The third-order valence-corrected chi connectivity index (χ3v) is 6.95. The zero-order chi connectivity index (χ0) is 27.0. The number of Topliss-reactive ketones (excluding diaryl/α,β-unsaturated/α-hetero) is 1. The Bertz CT molecular complexity index is 1650. The lowest BCUT2D eigenvalue weighted by Gasteiger charge is -2.19. The van der Waals surface area contributed by atoms with Gasteiger partial charge in [0, 0.05) is 37.4 Å². The van der Waals surface area contributed by atoms with Crippen LogP contribution >= 0.6 is 0 Å². The van der Waals surface area contributed by atoms with E-state index in [0.717, 1.165) is 40.8 Å². The monoisotopic (exact) mass is 511 g/mol. The number of amides is 1. The maximum atomic E-state index is 14.3. The van der Waals surface area contributed by atoms with Gasteiger partial charge in [-0.15, -0.1) is 0 Å². The standard InChI is InChI=1S/C30H30FN5O2/c1-5-6-7-26(36-19(2)33-25-14-15-32-17-28(25)36)29(37)24-18-35(30(38)34(3)4)27-16-21(10-13-23(24)27)20-8-11-22(31)12-9-20/h8-18,26H,5-7H2,1-4H3. The quantitative estimate of drug-likeness (QED) is 0.230. The van der Waals surface area contributed by atoms with Gasteiger partial charge in [-0.2, -0.15) is 0 Å². The van der Waals surface area contributed by atoms with Gasteiger partial charge < -0.3 is 9.47 Å². The fraction of sp³-hybridized carbons (Fsp3) is 0.267. The lowest BCUT2D eigenvalue weighted by Crippen LogP contribution is -2.26. The van der Waals surface area contributed by atoms with Crippen molar-refractivity contribution < 1.29 is 14.0 Å². The normalized spacial score (nSPS) is 12.2. The van der Waals surface area contributed by atoms with Gasteiger partial charge in [0.05, 0.1) is 28.8 Å². The number of nitrogens with zero attached hydrogens (tertiary/aromatic N) is 5. The van der Waals surface area contributed by atoms with Gasteiger partial charge in [-0.3, -0.25) is 14.3 Å². The number of fused-ring (bicyclic) bond motifs is 2. The molecule has 1 unspecified atom stereocenters. The molecule has 0 N–H and O–H groups in total. The Morgan fingerprint density at radius 1 is 1.03 bits per heavy atom. The molecule has 0 aliphatic rings. The highest BCUT2D eigenvalue weighted by atomic mass is 19.1. The third kappa shape index (κ3) is 4.47. The molecule has 3 heterocycles. The summed E-state index contributed by atoms with van der Waals surface area (Å²) in [6, 6.07) is 13.0. The summed E-state index contributed by atoms with van der Waals surface area (Å²) in [4.78, 5) is 37.9. The average Bonchev–Trinajstić information content (AvgIpc) is 3.46. The van der Waals surface area contributed by atoms with E-state index in [1.807, 2.05) is 35.8 Å². The molecule has 0 saturated carbocycles. The van der Waals surface area contributed by atoms with Crippen LogP contribution in [0.3, 0.4) is 0 Å². The van der Waals surface area contributed by atoms with Gasteiger partial charge in [0.25, 0.3) is 0 Å². The predicted molar refractivity (Wildman–Crippen MR) is 147 cm³/mol. The van der Waals surface area contributed by atoms with E-state index in [2.05, 4.69) is 16.9 Å². The lowest BCUT2D eigenvalue weighted by atomic mass is 9.97. The van der Waals surface area contributed by atoms with Crippen LogP contribution in [0.15, 0.2) is 67.1 Å². The Morgan fingerprint density at radius 3 is 2.47 bits per heavy atom. The third-order valence-electron chi connectivity index (χ3n) is 6.95. The van der Waals surface area contributed by atoms with Crippen LogP contribution in [0.4, 0.5) is 9.18 Å². The smallest absolute Gasteiger partial charge is 0.328 e. The molecule has 194 valence electrons. The van der Waals surface area contributed by atoms with Crippen LogP contribution in [-0.4, -0.2) is 49.9 Å². The molecule has 0 aliphatic carbocycles. The molecule has 5 rings (SSSR count). The second-order valence-electron chi connectivity index (χ2n) is 9.74. The number of hydrogen-bond donors (Lipinski definition) is 0. The first-order chi connectivity index (χ1) is 18.3. The summed E-state index contributed by atoms with van der Waals surface area (Å²) in [5.74, 6) is 0.355. The largest absolute Gasteiger partial charge is 0.330 e. The van der Waals surface area contributed by atoms with Gasteiger partial charge in [0.1, 0.15) is 11.6 Å². The first-order valence-electron chi connectivity index (χ1n) is 12.8. The zero-order valence-corrected chi connectivity index (χ0v) is 22.0. The summed E-state index contributed by atoms with van der Waals surface area (Å²) in [5.41, 5.74) is 4.35. The van der Waals surface area contributed by atoms with E-state index < -0.39 is 6.04 Å². The number of aromatic nitrogens is 4. The van der Waals surface area contributed by atoms with E-state index in [9.17, 15) is 14.0 Å². The molecule has 1 atom stereocenters. The first-order valence-corrected chi connectivity index (χ1v) is 12.8. The number of carbonyl (C=O) groups excluding carboxylic acids is 2. The molecular formula is C30H30FN5O2. The number of benzene rings is 2. The van der Waals surface area contributed by atoms with E-state index in [0.29, 0.717) is 22.9 Å². The van der Waals surface area contributed by atoms with E-state index in [-0.39, 0.29) is 17.6 Å². The van der Waals surface area contributed by atoms with Gasteiger partial charge >= 0.3 is 6.03 Å². The lowest BCUT2D eigenvalue weighted by molar-refractivity contribution is 0.0920. The molecule has 0 fully saturated rings. The minimum Gasteiger partial charge on any atom is -0.330 e. The number of imidazole rings is 1. The van der Waals surface area contributed by atoms with Gasteiger partial charge in [-0.25, -0.2) is 14.2 Å². The van der Waals surface area contributed by atoms with Crippen LogP contribution in [0.2, 0.25) is 0 Å². The summed E-state index contributed by atoms with van der Waals surface area (Å²) < 4.78 is 17.0. The van der Waals surface area contributed by atoms with Crippen molar-refractivity contribution in [1.29, 1.82) is 0 Å². The van der Waals surface area contributed by atoms with E-state index in [1.165, 1.54) is 21.6 Å². The maximum absolute atomic E-state index is 14.3. The molecule has 0 saturated heterocycles. The number of rotatable bonds is 7. The van der Waals surface area contributed by atoms with E-state index in [1.54, 1.807) is 44.8 Å². The fourth-order valence-corrected chi connectivity index (χ4v) is 5.03. The van der Waals surface area contributed by atoms with Gasteiger partial charge in [0.15, 0.2) is 5.78 Å². The van der Waals surface area contributed by atoms with Gasteiger partial charge in [-0.05, 0) is 48.7 Å². The van der Waals surface area contributed by atoms with Crippen LogP contribution in [0.25, 0.3) is 33.1 Å². The number of carbonyl (C=O) groups is 2. The molecular weight excluding hydrogens is 481 g/mol. The van der Waals surface area contributed by atoms with Crippen LogP contribution in [0, 0.1) is 12.7 Å².